The topological polar surface area (TPSA) is 50.7 Å². The summed E-state index contributed by atoms with van der Waals surface area (Å²) < 4.78 is 0. The zero-order valence-corrected chi connectivity index (χ0v) is 15.5. The molecule has 140 valence electrons. The third-order valence-corrected chi connectivity index (χ3v) is 4.89. The lowest BCUT2D eigenvalue weighted by molar-refractivity contribution is -0.131. The summed E-state index contributed by atoms with van der Waals surface area (Å²) in [5.41, 5.74) is 4.21. The van der Waals surface area contributed by atoms with Crippen molar-refractivity contribution in [2.75, 3.05) is 0 Å². The highest BCUT2D eigenvalue weighted by molar-refractivity contribution is 5.98. The maximum absolute atomic E-state index is 12.6. The van der Waals surface area contributed by atoms with Gasteiger partial charge in [-0.25, -0.2) is 0 Å². The third-order valence-electron chi connectivity index (χ3n) is 4.89. The van der Waals surface area contributed by atoms with Gasteiger partial charge < -0.3 is 10.2 Å². The Morgan fingerprint density at radius 3 is 2.00 bits per heavy atom. The van der Waals surface area contributed by atoms with Crippen molar-refractivity contribution in [2.45, 2.75) is 25.0 Å². The molecule has 3 aromatic rings. The minimum absolute atomic E-state index is 0.0191. The molecule has 0 radical (unpaired) electrons. The first kappa shape index (κ1) is 18.0. The summed E-state index contributed by atoms with van der Waals surface area (Å²) in [5, 5.41) is 7.24. The van der Waals surface area contributed by atoms with Crippen LogP contribution in [-0.4, -0.2) is 17.7 Å². The number of nitrogens with one attached hydrogen (secondary N) is 1. The highest BCUT2D eigenvalue weighted by Gasteiger charge is 2.33. The Balaban J connectivity index is 1.47. The van der Waals surface area contributed by atoms with Gasteiger partial charge in [-0.2, -0.15) is 0 Å². The van der Waals surface area contributed by atoms with E-state index < -0.39 is 6.10 Å². The average Bonchev–Trinajstić information content (AvgIpc) is 3.24. The van der Waals surface area contributed by atoms with E-state index >= 15 is 0 Å². The van der Waals surface area contributed by atoms with Crippen molar-refractivity contribution in [3.05, 3.63) is 108 Å². The summed E-state index contributed by atoms with van der Waals surface area (Å²) >= 11 is 0. The van der Waals surface area contributed by atoms with Gasteiger partial charge in [-0.05, 0) is 16.7 Å². The van der Waals surface area contributed by atoms with Crippen molar-refractivity contribution in [3.63, 3.8) is 0 Å². The zero-order chi connectivity index (χ0) is 19.2. The molecule has 0 bridgehead atoms. The summed E-state index contributed by atoms with van der Waals surface area (Å²) in [7, 11) is 0. The predicted octanol–water partition coefficient (Wildman–Crippen LogP) is 4.28. The number of hydrogen-bond acceptors (Lipinski definition) is 3. The van der Waals surface area contributed by atoms with Crippen LogP contribution in [0.1, 0.15) is 29.0 Å². The fourth-order valence-electron chi connectivity index (χ4n) is 3.47. The standard InChI is InChI=1S/C24H22N2O2/c27-24(25-17-18-10-4-1-5-11-18)22-16-21(26-28-22)23(19-12-6-2-7-13-19)20-14-8-3-9-15-20/h1-15,22-23H,16-17H2,(H,25,27). The van der Waals surface area contributed by atoms with Crippen molar-refractivity contribution >= 4 is 11.6 Å². The van der Waals surface area contributed by atoms with Crippen LogP contribution >= 0.6 is 0 Å². The molecular weight excluding hydrogens is 348 g/mol. The summed E-state index contributed by atoms with van der Waals surface area (Å²) in [6.45, 7) is 0.482. The first-order chi connectivity index (χ1) is 13.8. The van der Waals surface area contributed by atoms with E-state index in [9.17, 15) is 4.79 Å². The lowest BCUT2D eigenvalue weighted by Gasteiger charge is -2.17. The average molecular weight is 370 g/mol. The van der Waals surface area contributed by atoms with Crippen LogP contribution < -0.4 is 5.32 Å². The van der Waals surface area contributed by atoms with Crippen LogP contribution in [0.25, 0.3) is 0 Å². The van der Waals surface area contributed by atoms with Crippen molar-refractivity contribution in [1.29, 1.82) is 0 Å². The Morgan fingerprint density at radius 1 is 0.893 bits per heavy atom. The van der Waals surface area contributed by atoms with E-state index in [-0.39, 0.29) is 11.8 Å². The van der Waals surface area contributed by atoms with Crippen molar-refractivity contribution in [3.8, 4) is 0 Å². The van der Waals surface area contributed by atoms with Gasteiger partial charge in [0.2, 0.25) is 6.10 Å². The second kappa shape index (κ2) is 8.53. The second-order valence-corrected chi connectivity index (χ2v) is 6.84. The Bertz CT molecular complexity index is 901. The highest BCUT2D eigenvalue weighted by atomic mass is 16.6. The lowest BCUT2D eigenvalue weighted by atomic mass is 9.85. The first-order valence-corrected chi connectivity index (χ1v) is 9.45. The maximum Gasteiger partial charge on any atom is 0.264 e. The Labute approximate surface area is 164 Å². The fourth-order valence-corrected chi connectivity index (χ4v) is 3.47. The van der Waals surface area contributed by atoms with E-state index in [4.69, 9.17) is 4.84 Å². The van der Waals surface area contributed by atoms with Crippen molar-refractivity contribution in [1.82, 2.24) is 5.32 Å². The van der Waals surface area contributed by atoms with Gasteiger partial charge in [-0.1, -0.05) is 96.2 Å². The normalized spacial score (nSPS) is 15.8. The molecule has 1 atom stereocenters. The number of amides is 1. The number of carbonyl (C=O) groups excluding carboxylic acids is 1. The molecule has 1 aliphatic rings. The molecule has 0 fully saturated rings. The quantitative estimate of drug-likeness (QED) is 0.704. The van der Waals surface area contributed by atoms with Crippen LogP contribution in [0.5, 0.6) is 0 Å². The molecule has 4 nitrogen and oxygen atoms in total. The molecule has 1 amide bonds. The molecule has 1 heterocycles. The van der Waals surface area contributed by atoms with Gasteiger partial charge in [0.1, 0.15) is 0 Å². The van der Waals surface area contributed by atoms with E-state index in [2.05, 4.69) is 34.7 Å². The molecule has 1 N–H and O–H groups in total. The van der Waals surface area contributed by atoms with Crippen LogP contribution in [0.3, 0.4) is 0 Å². The molecule has 0 saturated heterocycles. The molecule has 0 aliphatic carbocycles. The number of carbonyl (C=O) groups is 1. The fraction of sp³-hybridized carbons (Fsp3) is 0.167. The number of rotatable bonds is 6. The summed E-state index contributed by atoms with van der Waals surface area (Å²) in [4.78, 5) is 18.1. The van der Waals surface area contributed by atoms with Gasteiger partial charge >= 0.3 is 0 Å². The summed E-state index contributed by atoms with van der Waals surface area (Å²) in [5.74, 6) is -0.156. The number of benzene rings is 3. The minimum atomic E-state index is -0.589. The molecule has 0 saturated carbocycles. The Morgan fingerprint density at radius 2 is 1.43 bits per heavy atom. The van der Waals surface area contributed by atoms with Crippen LogP contribution in [0.4, 0.5) is 0 Å². The highest BCUT2D eigenvalue weighted by Crippen LogP contribution is 2.31. The lowest BCUT2D eigenvalue weighted by Crippen LogP contribution is -2.34. The van der Waals surface area contributed by atoms with Gasteiger partial charge in [-0.3, -0.25) is 4.79 Å². The third kappa shape index (κ3) is 4.12. The van der Waals surface area contributed by atoms with Crippen molar-refractivity contribution < 1.29 is 9.63 Å². The van der Waals surface area contributed by atoms with Gasteiger partial charge in [-0.15, -0.1) is 0 Å². The van der Waals surface area contributed by atoms with Gasteiger partial charge in [0, 0.05) is 13.0 Å². The Hall–Kier alpha value is -3.40. The minimum Gasteiger partial charge on any atom is -0.382 e. The van der Waals surface area contributed by atoms with E-state index in [1.165, 1.54) is 0 Å². The molecule has 3 aromatic carbocycles. The SMILES string of the molecule is O=C(NCc1ccccc1)C1CC(C(c2ccccc2)c2ccccc2)=NO1. The number of nitrogens with zero attached hydrogens (tertiary/aromatic N) is 1. The van der Waals surface area contributed by atoms with Crippen LogP contribution in [0.2, 0.25) is 0 Å². The molecule has 4 rings (SSSR count). The maximum atomic E-state index is 12.6. The van der Waals surface area contributed by atoms with Crippen molar-refractivity contribution in [2.24, 2.45) is 5.16 Å². The van der Waals surface area contributed by atoms with E-state index in [1.807, 2.05) is 66.7 Å². The molecule has 1 aliphatic heterocycles. The smallest absolute Gasteiger partial charge is 0.264 e. The van der Waals surface area contributed by atoms with Crippen LogP contribution in [0.15, 0.2) is 96.2 Å². The van der Waals surface area contributed by atoms with E-state index in [0.29, 0.717) is 13.0 Å². The second-order valence-electron chi connectivity index (χ2n) is 6.84. The van der Waals surface area contributed by atoms with E-state index in [1.54, 1.807) is 0 Å². The molecule has 4 heteroatoms. The number of oxime groups is 1. The van der Waals surface area contributed by atoms with Gasteiger partial charge in [0.15, 0.2) is 0 Å². The van der Waals surface area contributed by atoms with Gasteiger partial charge in [0.25, 0.3) is 5.91 Å². The van der Waals surface area contributed by atoms with Crippen LogP contribution in [-0.2, 0) is 16.2 Å². The molecule has 1 unspecified atom stereocenters. The molecule has 0 aromatic heterocycles. The monoisotopic (exact) mass is 370 g/mol. The summed E-state index contributed by atoms with van der Waals surface area (Å²) in [6, 6.07) is 30.3. The molecule has 0 spiro atoms. The van der Waals surface area contributed by atoms with E-state index in [0.717, 1.165) is 22.4 Å². The molecular formula is C24H22N2O2. The van der Waals surface area contributed by atoms with Crippen LogP contribution in [0, 0.1) is 0 Å². The summed E-state index contributed by atoms with van der Waals surface area (Å²) in [6.07, 6.45) is -0.108. The predicted molar refractivity (Wildman–Crippen MR) is 110 cm³/mol. The largest absolute Gasteiger partial charge is 0.382 e. The number of hydrogen-bond donors (Lipinski definition) is 1. The molecule has 28 heavy (non-hydrogen) atoms. The first-order valence-electron chi connectivity index (χ1n) is 9.45. The van der Waals surface area contributed by atoms with Gasteiger partial charge in [0.05, 0.1) is 11.6 Å². The zero-order valence-electron chi connectivity index (χ0n) is 15.5. The Kier molecular flexibility index (Phi) is 5.48.